The van der Waals surface area contributed by atoms with Crippen molar-refractivity contribution in [1.82, 2.24) is 0 Å². The van der Waals surface area contributed by atoms with Crippen molar-refractivity contribution in [2.24, 2.45) is 0 Å². The number of halogens is 2. The van der Waals surface area contributed by atoms with E-state index in [0.717, 1.165) is 24.0 Å². The van der Waals surface area contributed by atoms with Gasteiger partial charge in [-0.15, -0.1) is 0 Å². The largest absolute Gasteiger partial charge is 0.207 e. The van der Waals surface area contributed by atoms with Gasteiger partial charge in [0.2, 0.25) is 0 Å². The van der Waals surface area contributed by atoms with Crippen molar-refractivity contribution in [3.05, 3.63) is 107 Å². The average molecular weight is 294 g/mol. The van der Waals surface area contributed by atoms with Crippen molar-refractivity contribution >= 4 is 0 Å². The van der Waals surface area contributed by atoms with E-state index in [1.165, 1.54) is 35.4 Å². The van der Waals surface area contributed by atoms with E-state index < -0.39 is 0 Å². The zero-order valence-electron chi connectivity index (χ0n) is 12.1. The first-order valence-corrected chi connectivity index (χ1v) is 7.26. The molecule has 3 aromatic carbocycles. The van der Waals surface area contributed by atoms with Crippen molar-refractivity contribution in [3.63, 3.8) is 0 Å². The fourth-order valence-corrected chi connectivity index (χ4v) is 2.55. The molecule has 0 unspecified atom stereocenters. The summed E-state index contributed by atoms with van der Waals surface area (Å²) >= 11 is 0. The maximum Gasteiger partial charge on any atom is 0.123 e. The van der Waals surface area contributed by atoms with Crippen molar-refractivity contribution in [1.29, 1.82) is 0 Å². The van der Waals surface area contributed by atoms with Gasteiger partial charge in [-0.25, -0.2) is 8.78 Å². The molecule has 0 saturated heterocycles. The third kappa shape index (κ3) is 3.59. The molecule has 3 aromatic rings. The molecule has 110 valence electrons. The van der Waals surface area contributed by atoms with Crippen LogP contribution in [0.4, 0.5) is 8.78 Å². The van der Waals surface area contributed by atoms with Gasteiger partial charge in [0.15, 0.2) is 0 Å². The first kappa shape index (κ1) is 14.5. The zero-order valence-corrected chi connectivity index (χ0v) is 12.1. The fourth-order valence-electron chi connectivity index (χ4n) is 2.55. The van der Waals surface area contributed by atoms with Gasteiger partial charge in [-0.05, 0) is 59.4 Å². The van der Waals surface area contributed by atoms with Gasteiger partial charge in [0.25, 0.3) is 0 Å². The van der Waals surface area contributed by atoms with Crippen LogP contribution in [-0.4, -0.2) is 0 Å². The van der Waals surface area contributed by atoms with Gasteiger partial charge in [0.1, 0.15) is 11.6 Å². The summed E-state index contributed by atoms with van der Waals surface area (Å²) < 4.78 is 26.0. The summed E-state index contributed by atoms with van der Waals surface area (Å²) in [5, 5.41) is 0. The van der Waals surface area contributed by atoms with Crippen molar-refractivity contribution < 1.29 is 8.78 Å². The van der Waals surface area contributed by atoms with E-state index in [0.29, 0.717) is 0 Å². The van der Waals surface area contributed by atoms with Gasteiger partial charge in [0, 0.05) is 0 Å². The molecule has 0 N–H and O–H groups in total. The molecule has 0 amide bonds. The summed E-state index contributed by atoms with van der Waals surface area (Å²) in [6.45, 7) is 0. The normalized spacial score (nSPS) is 10.6. The predicted octanol–water partition coefficient (Wildman–Crippen LogP) is 5.15. The van der Waals surface area contributed by atoms with E-state index in [1.807, 2.05) is 36.4 Å². The van der Waals surface area contributed by atoms with Gasteiger partial charge in [0.05, 0.1) is 0 Å². The van der Waals surface area contributed by atoms with Crippen molar-refractivity contribution in [3.8, 4) is 0 Å². The third-order valence-electron chi connectivity index (χ3n) is 3.73. The van der Waals surface area contributed by atoms with E-state index in [-0.39, 0.29) is 11.6 Å². The molecule has 0 bridgehead atoms. The predicted molar refractivity (Wildman–Crippen MR) is 84.9 cm³/mol. The van der Waals surface area contributed by atoms with Crippen LogP contribution >= 0.6 is 0 Å². The second-order valence-corrected chi connectivity index (χ2v) is 5.38. The third-order valence-corrected chi connectivity index (χ3v) is 3.73. The maximum absolute atomic E-state index is 13.0. The van der Waals surface area contributed by atoms with Gasteiger partial charge < -0.3 is 0 Å². The second-order valence-electron chi connectivity index (χ2n) is 5.38. The highest BCUT2D eigenvalue weighted by molar-refractivity contribution is 5.36. The van der Waals surface area contributed by atoms with Crippen molar-refractivity contribution in [2.45, 2.75) is 12.8 Å². The van der Waals surface area contributed by atoms with Crippen LogP contribution in [0.15, 0.2) is 72.8 Å². The van der Waals surface area contributed by atoms with E-state index in [1.54, 1.807) is 0 Å². The lowest BCUT2D eigenvalue weighted by atomic mass is 9.95. The maximum atomic E-state index is 13.0. The molecule has 0 heterocycles. The number of benzene rings is 3. The van der Waals surface area contributed by atoms with Crippen LogP contribution < -0.4 is 0 Å². The Hall–Kier alpha value is -2.48. The summed E-state index contributed by atoms with van der Waals surface area (Å²) in [6.07, 6.45) is 1.52. The highest BCUT2D eigenvalue weighted by Crippen LogP contribution is 2.18. The molecule has 0 aliphatic heterocycles. The molecule has 3 rings (SSSR count). The van der Waals surface area contributed by atoms with Crippen LogP contribution in [0.2, 0.25) is 0 Å². The molecule has 0 radical (unpaired) electrons. The Labute approximate surface area is 129 Å². The molecule has 0 aromatic heterocycles. The van der Waals surface area contributed by atoms with E-state index >= 15 is 0 Å². The molecule has 0 saturated carbocycles. The SMILES string of the molecule is Fc1ccc(Cc2ccccc2Cc2ccc(F)cc2)cc1. The van der Waals surface area contributed by atoms with Crippen LogP contribution in [0.1, 0.15) is 22.3 Å². The quantitative estimate of drug-likeness (QED) is 0.624. The fraction of sp³-hybridized carbons (Fsp3) is 0.100. The van der Waals surface area contributed by atoms with Crippen LogP contribution in [0.5, 0.6) is 0 Å². The van der Waals surface area contributed by atoms with Crippen LogP contribution in [-0.2, 0) is 12.8 Å². The smallest absolute Gasteiger partial charge is 0.123 e. The Kier molecular flexibility index (Phi) is 4.29. The minimum atomic E-state index is -0.219. The minimum Gasteiger partial charge on any atom is -0.207 e. The Morgan fingerprint density at radius 3 is 1.23 bits per heavy atom. The Balaban J connectivity index is 1.83. The zero-order chi connectivity index (χ0) is 15.4. The summed E-state index contributed by atoms with van der Waals surface area (Å²) in [6, 6.07) is 21.4. The Morgan fingerprint density at radius 1 is 0.500 bits per heavy atom. The van der Waals surface area contributed by atoms with E-state index in [4.69, 9.17) is 0 Å². The summed E-state index contributed by atoms with van der Waals surface area (Å²) in [4.78, 5) is 0. The second kappa shape index (κ2) is 6.52. The van der Waals surface area contributed by atoms with E-state index in [2.05, 4.69) is 12.1 Å². The number of hydrogen-bond acceptors (Lipinski definition) is 0. The highest BCUT2D eigenvalue weighted by atomic mass is 19.1. The molecule has 2 heteroatoms. The van der Waals surface area contributed by atoms with Gasteiger partial charge >= 0.3 is 0 Å². The number of rotatable bonds is 4. The van der Waals surface area contributed by atoms with E-state index in [9.17, 15) is 8.78 Å². The molecule has 0 aliphatic rings. The lowest BCUT2D eigenvalue weighted by molar-refractivity contribution is 0.626. The number of hydrogen-bond donors (Lipinski definition) is 0. The molecule has 0 aliphatic carbocycles. The van der Waals surface area contributed by atoms with Crippen LogP contribution in [0.3, 0.4) is 0 Å². The topological polar surface area (TPSA) is 0 Å². The van der Waals surface area contributed by atoms with Gasteiger partial charge in [-0.2, -0.15) is 0 Å². The Morgan fingerprint density at radius 2 is 0.864 bits per heavy atom. The monoisotopic (exact) mass is 294 g/mol. The molecule has 0 atom stereocenters. The van der Waals surface area contributed by atoms with Crippen molar-refractivity contribution in [2.75, 3.05) is 0 Å². The molecule has 0 fully saturated rings. The lowest BCUT2D eigenvalue weighted by Crippen LogP contribution is -1.97. The lowest BCUT2D eigenvalue weighted by Gasteiger charge is -2.10. The molecule has 0 nitrogen and oxygen atoms in total. The van der Waals surface area contributed by atoms with Crippen LogP contribution in [0.25, 0.3) is 0 Å². The first-order valence-electron chi connectivity index (χ1n) is 7.26. The first-order chi connectivity index (χ1) is 10.7. The Bertz CT molecular complexity index is 677. The summed E-state index contributed by atoms with van der Waals surface area (Å²) in [5.41, 5.74) is 4.57. The highest BCUT2D eigenvalue weighted by Gasteiger charge is 2.05. The molecular formula is C20H16F2. The van der Waals surface area contributed by atoms with Crippen LogP contribution in [0, 0.1) is 11.6 Å². The molecule has 22 heavy (non-hydrogen) atoms. The average Bonchev–Trinajstić information content (AvgIpc) is 2.54. The minimum absolute atomic E-state index is 0.219. The van der Waals surface area contributed by atoms with Gasteiger partial charge in [-0.3, -0.25) is 0 Å². The van der Waals surface area contributed by atoms with Gasteiger partial charge in [-0.1, -0.05) is 48.5 Å². The summed E-state index contributed by atoms with van der Waals surface area (Å²) in [5.74, 6) is -0.438. The molecular weight excluding hydrogens is 278 g/mol. The molecule has 0 spiro atoms. The standard InChI is InChI=1S/C20H16F2/c21-19-9-5-15(6-10-19)13-17-3-1-2-4-18(17)14-16-7-11-20(22)12-8-16/h1-12H,13-14H2. The summed E-state index contributed by atoms with van der Waals surface area (Å²) in [7, 11) is 0.